The van der Waals surface area contributed by atoms with E-state index in [-0.39, 0.29) is 17.6 Å². The maximum atomic E-state index is 13.5. The molecule has 0 aliphatic carbocycles. The van der Waals surface area contributed by atoms with Crippen LogP contribution in [-0.4, -0.2) is 30.3 Å². The number of carboxylic acids is 1. The molecule has 1 rings (SSSR count). The molecule has 0 aromatic heterocycles. The van der Waals surface area contributed by atoms with Gasteiger partial charge in [-0.2, -0.15) is 0 Å². The van der Waals surface area contributed by atoms with E-state index in [1.54, 1.807) is 7.11 Å². The lowest BCUT2D eigenvalue weighted by atomic mass is 10.1. The van der Waals surface area contributed by atoms with Crippen molar-refractivity contribution in [3.05, 3.63) is 35.1 Å². The van der Waals surface area contributed by atoms with E-state index in [0.717, 1.165) is 0 Å². The SMILES string of the molecule is COCC(C)(C)NCc1cc(C(=O)O)ccc1F. The molecule has 0 saturated carbocycles. The molecule has 0 radical (unpaired) electrons. The first-order valence-electron chi connectivity index (χ1n) is 5.61. The molecule has 4 nitrogen and oxygen atoms in total. The van der Waals surface area contributed by atoms with Gasteiger partial charge in [0.25, 0.3) is 0 Å². The molecule has 0 amide bonds. The van der Waals surface area contributed by atoms with Crippen molar-refractivity contribution >= 4 is 5.97 Å². The zero-order valence-corrected chi connectivity index (χ0v) is 10.8. The quantitative estimate of drug-likeness (QED) is 0.816. The van der Waals surface area contributed by atoms with Crippen molar-refractivity contribution in [3.8, 4) is 0 Å². The van der Waals surface area contributed by atoms with E-state index in [1.165, 1.54) is 18.2 Å². The van der Waals surface area contributed by atoms with Crippen molar-refractivity contribution in [2.75, 3.05) is 13.7 Å². The van der Waals surface area contributed by atoms with Gasteiger partial charge in [-0.15, -0.1) is 0 Å². The van der Waals surface area contributed by atoms with Gasteiger partial charge in [0.05, 0.1) is 12.2 Å². The van der Waals surface area contributed by atoms with Crippen molar-refractivity contribution in [2.24, 2.45) is 0 Å². The minimum atomic E-state index is -1.06. The van der Waals surface area contributed by atoms with Crippen LogP contribution in [0, 0.1) is 5.82 Å². The van der Waals surface area contributed by atoms with Crippen LogP contribution >= 0.6 is 0 Å². The number of hydrogen-bond donors (Lipinski definition) is 2. The van der Waals surface area contributed by atoms with E-state index in [1.807, 2.05) is 13.8 Å². The first kappa shape index (κ1) is 14.6. The highest BCUT2D eigenvalue weighted by atomic mass is 19.1. The fourth-order valence-electron chi connectivity index (χ4n) is 1.59. The van der Waals surface area contributed by atoms with Crippen molar-refractivity contribution in [3.63, 3.8) is 0 Å². The standard InChI is InChI=1S/C13H18FNO3/c1-13(2,8-18-3)15-7-10-6-9(12(16)17)4-5-11(10)14/h4-6,15H,7-8H2,1-3H3,(H,16,17). The molecule has 18 heavy (non-hydrogen) atoms. The zero-order chi connectivity index (χ0) is 13.8. The van der Waals surface area contributed by atoms with Crippen LogP contribution in [0.3, 0.4) is 0 Å². The van der Waals surface area contributed by atoms with Gasteiger partial charge in [-0.05, 0) is 32.0 Å². The lowest BCUT2D eigenvalue weighted by Gasteiger charge is -2.25. The summed E-state index contributed by atoms with van der Waals surface area (Å²) in [6, 6.07) is 3.76. The summed E-state index contributed by atoms with van der Waals surface area (Å²) in [5.41, 5.74) is 0.109. The van der Waals surface area contributed by atoms with Gasteiger partial charge in [0.1, 0.15) is 5.82 Å². The average molecular weight is 255 g/mol. The van der Waals surface area contributed by atoms with E-state index in [2.05, 4.69) is 5.32 Å². The van der Waals surface area contributed by atoms with Crippen LogP contribution in [0.2, 0.25) is 0 Å². The van der Waals surface area contributed by atoms with Gasteiger partial charge in [-0.25, -0.2) is 9.18 Å². The predicted octanol–water partition coefficient (Wildman–Crippen LogP) is 2.04. The van der Waals surface area contributed by atoms with Crippen LogP contribution in [0.4, 0.5) is 4.39 Å². The molecule has 0 heterocycles. The molecule has 5 heteroatoms. The third kappa shape index (κ3) is 4.09. The Bertz CT molecular complexity index is 432. The number of carboxylic acid groups (broad SMARTS) is 1. The van der Waals surface area contributed by atoms with E-state index in [4.69, 9.17) is 9.84 Å². The molecular formula is C13H18FNO3. The number of ether oxygens (including phenoxy) is 1. The second-order valence-electron chi connectivity index (χ2n) is 4.78. The highest BCUT2D eigenvalue weighted by molar-refractivity contribution is 5.87. The molecule has 1 aromatic carbocycles. The van der Waals surface area contributed by atoms with Crippen molar-refractivity contribution in [1.29, 1.82) is 0 Å². The number of aromatic carboxylic acids is 1. The number of rotatable bonds is 6. The van der Waals surface area contributed by atoms with Crippen LogP contribution in [0.25, 0.3) is 0 Å². The highest BCUT2D eigenvalue weighted by Crippen LogP contribution is 2.12. The number of carbonyl (C=O) groups is 1. The molecule has 1 aromatic rings. The Morgan fingerprint density at radius 3 is 2.72 bits per heavy atom. The monoisotopic (exact) mass is 255 g/mol. The molecule has 0 bridgehead atoms. The van der Waals surface area contributed by atoms with Crippen LogP contribution < -0.4 is 5.32 Å². The van der Waals surface area contributed by atoms with E-state index < -0.39 is 11.8 Å². The molecular weight excluding hydrogens is 237 g/mol. The summed E-state index contributed by atoms with van der Waals surface area (Å²) in [4.78, 5) is 10.8. The third-order valence-corrected chi connectivity index (χ3v) is 2.56. The number of hydrogen-bond acceptors (Lipinski definition) is 3. The molecule has 0 saturated heterocycles. The Balaban J connectivity index is 2.78. The van der Waals surface area contributed by atoms with Gasteiger partial charge < -0.3 is 15.2 Å². The predicted molar refractivity (Wildman–Crippen MR) is 66.2 cm³/mol. The topological polar surface area (TPSA) is 58.6 Å². The number of benzene rings is 1. The summed E-state index contributed by atoms with van der Waals surface area (Å²) in [7, 11) is 1.59. The lowest BCUT2D eigenvalue weighted by Crippen LogP contribution is -2.42. The maximum Gasteiger partial charge on any atom is 0.335 e. The van der Waals surface area contributed by atoms with Gasteiger partial charge in [-0.3, -0.25) is 0 Å². The molecule has 0 fully saturated rings. The van der Waals surface area contributed by atoms with Gasteiger partial charge in [0.2, 0.25) is 0 Å². The summed E-state index contributed by atoms with van der Waals surface area (Å²) in [5.74, 6) is -1.48. The third-order valence-electron chi connectivity index (χ3n) is 2.56. The Hall–Kier alpha value is -1.46. The summed E-state index contributed by atoms with van der Waals surface area (Å²) < 4.78 is 18.6. The van der Waals surface area contributed by atoms with Gasteiger partial charge in [-0.1, -0.05) is 0 Å². The number of halogens is 1. The van der Waals surface area contributed by atoms with Crippen LogP contribution in [0.1, 0.15) is 29.8 Å². The van der Waals surface area contributed by atoms with Gasteiger partial charge >= 0.3 is 5.97 Å². The maximum absolute atomic E-state index is 13.5. The first-order valence-corrected chi connectivity index (χ1v) is 5.61. The molecule has 0 unspecified atom stereocenters. The lowest BCUT2D eigenvalue weighted by molar-refractivity contribution is 0.0696. The second-order valence-corrected chi connectivity index (χ2v) is 4.78. The zero-order valence-electron chi connectivity index (χ0n) is 10.8. The Kier molecular flexibility index (Phi) is 4.81. The summed E-state index contributed by atoms with van der Waals surface area (Å²) in [5, 5.41) is 12.0. The number of methoxy groups -OCH3 is 1. The van der Waals surface area contributed by atoms with E-state index in [9.17, 15) is 9.18 Å². The van der Waals surface area contributed by atoms with Crippen LogP contribution in [0.5, 0.6) is 0 Å². The summed E-state index contributed by atoms with van der Waals surface area (Å²) >= 11 is 0. The van der Waals surface area contributed by atoms with Crippen LogP contribution in [0.15, 0.2) is 18.2 Å². The smallest absolute Gasteiger partial charge is 0.335 e. The minimum Gasteiger partial charge on any atom is -0.478 e. The molecule has 0 atom stereocenters. The van der Waals surface area contributed by atoms with E-state index in [0.29, 0.717) is 12.2 Å². The van der Waals surface area contributed by atoms with Gasteiger partial charge in [0.15, 0.2) is 0 Å². The largest absolute Gasteiger partial charge is 0.478 e. The highest BCUT2D eigenvalue weighted by Gasteiger charge is 2.17. The fraction of sp³-hybridized carbons (Fsp3) is 0.462. The first-order chi connectivity index (χ1) is 8.35. The van der Waals surface area contributed by atoms with Gasteiger partial charge in [0, 0.05) is 24.8 Å². The Labute approximate surface area is 106 Å². The van der Waals surface area contributed by atoms with Crippen molar-refractivity contribution in [1.82, 2.24) is 5.32 Å². The Morgan fingerprint density at radius 1 is 1.50 bits per heavy atom. The normalized spacial score (nSPS) is 11.6. The molecule has 0 aliphatic rings. The fourth-order valence-corrected chi connectivity index (χ4v) is 1.59. The molecule has 0 aliphatic heterocycles. The average Bonchev–Trinajstić information content (AvgIpc) is 2.27. The Morgan fingerprint density at radius 2 is 2.17 bits per heavy atom. The van der Waals surface area contributed by atoms with Crippen LogP contribution in [-0.2, 0) is 11.3 Å². The second kappa shape index (κ2) is 5.93. The minimum absolute atomic E-state index is 0.0812. The van der Waals surface area contributed by atoms with Crippen molar-refractivity contribution in [2.45, 2.75) is 25.9 Å². The molecule has 0 spiro atoms. The molecule has 100 valence electrons. The summed E-state index contributed by atoms with van der Waals surface area (Å²) in [6.07, 6.45) is 0. The summed E-state index contributed by atoms with van der Waals surface area (Å²) in [6.45, 7) is 4.58. The number of nitrogens with one attached hydrogen (secondary N) is 1. The molecule has 2 N–H and O–H groups in total. The van der Waals surface area contributed by atoms with Crippen molar-refractivity contribution < 1.29 is 19.0 Å². The van der Waals surface area contributed by atoms with E-state index >= 15 is 0 Å².